The number of halogens is 1. The van der Waals surface area contributed by atoms with Gasteiger partial charge < -0.3 is 10.1 Å². The Balaban J connectivity index is 1.31. The molecule has 0 radical (unpaired) electrons. The molecule has 164 valence electrons. The Morgan fingerprint density at radius 3 is 2.81 bits per heavy atom. The van der Waals surface area contributed by atoms with Crippen molar-refractivity contribution in [2.24, 2.45) is 0 Å². The molecule has 7 nitrogen and oxygen atoms in total. The van der Waals surface area contributed by atoms with Gasteiger partial charge in [0.05, 0.1) is 23.1 Å². The first-order valence-corrected chi connectivity index (χ1v) is 11.8. The maximum absolute atomic E-state index is 12.4. The number of carbonyl (C=O) groups is 3. The number of benzene rings is 2. The topological polar surface area (TPSA) is 97.4 Å². The Bertz CT molecular complexity index is 1170. The van der Waals surface area contributed by atoms with Crippen LogP contribution in [0.5, 0.6) is 0 Å². The predicted molar refractivity (Wildman–Crippen MR) is 126 cm³/mol. The number of esters is 1. The van der Waals surface area contributed by atoms with Crippen LogP contribution >= 0.6 is 34.7 Å². The van der Waals surface area contributed by atoms with Gasteiger partial charge in [0.25, 0.3) is 5.91 Å². The standard InChI is InChI=1S/C22H18ClN3O4S2/c1-12(20(28)26-22-25-16(11-31-22)13-5-3-2-4-6-13)30-19(27)10-18-21(29)24-15-9-14(23)7-8-17(15)32-18/h2-9,11-12,18H,10H2,1H3,(H,24,29)(H,25,26,28). The van der Waals surface area contributed by atoms with E-state index in [9.17, 15) is 14.4 Å². The molecule has 0 saturated heterocycles. The van der Waals surface area contributed by atoms with E-state index < -0.39 is 23.2 Å². The fourth-order valence-corrected chi connectivity index (χ4v) is 4.96. The molecule has 0 bridgehead atoms. The van der Waals surface area contributed by atoms with Gasteiger partial charge in [0.1, 0.15) is 0 Å². The van der Waals surface area contributed by atoms with Crippen molar-refractivity contribution in [3.05, 3.63) is 58.9 Å². The lowest BCUT2D eigenvalue weighted by Gasteiger charge is -2.24. The Morgan fingerprint density at radius 1 is 1.25 bits per heavy atom. The first-order chi connectivity index (χ1) is 15.4. The molecular weight excluding hydrogens is 470 g/mol. The summed E-state index contributed by atoms with van der Waals surface area (Å²) in [4.78, 5) is 42.3. The zero-order valence-electron chi connectivity index (χ0n) is 16.8. The first-order valence-electron chi connectivity index (χ1n) is 9.67. The number of anilines is 2. The molecule has 2 N–H and O–H groups in total. The number of nitrogens with one attached hydrogen (secondary N) is 2. The van der Waals surface area contributed by atoms with E-state index in [0.717, 1.165) is 16.2 Å². The molecule has 0 saturated carbocycles. The lowest BCUT2D eigenvalue weighted by molar-refractivity contribution is -0.153. The monoisotopic (exact) mass is 487 g/mol. The number of fused-ring (bicyclic) bond motifs is 1. The highest BCUT2D eigenvalue weighted by molar-refractivity contribution is 8.01. The molecule has 2 atom stereocenters. The van der Waals surface area contributed by atoms with Crippen molar-refractivity contribution in [2.45, 2.75) is 29.6 Å². The van der Waals surface area contributed by atoms with Gasteiger partial charge in [-0.15, -0.1) is 23.1 Å². The summed E-state index contributed by atoms with van der Waals surface area (Å²) in [6.45, 7) is 1.48. The average molecular weight is 488 g/mol. The van der Waals surface area contributed by atoms with Crippen LogP contribution in [0.25, 0.3) is 11.3 Å². The van der Waals surface area contributed by atoms with Gasteiger partial charge in [-0.25, -0.2) is 4.98 Å². The van der Waals surface area contributed by atoms with E-state index in [1.54, 1.807) is 18.2 Å². The maximum atomic E-state index is 12.4. The summed E-state index contributed by atoms with van der Waals surface area (Å²) < 4.78 is 5.25. The number of ether oxygens (including phenoxy) is 1. The first kappa shape index (κ1) is 22.3. The second-order valence-corrected chi connectivity index (χ2v) is 9.50. The van der Waals surface area contributed by atoms with Gasteiger partial charge in [-0.3, -0.25) is 19.7 Å². The molecule has 2 heterocycles. The lowest BCUT2D eigenvalue weighted by Crippen LogP contribution is -2.34. The molecule has 3 aromatic rings. The normalized spacial score (nSPS) is 15.9. The third-order valence-electron chi connectivity index (χ3n) is 4.59. The fraction of sp³-hybridized carbons (Fsp3) is 0.182. The van der Waals surface area contributed by atoms with E-state index in [4.69, 9.17) is 16.3 Å². The number of hydrogen-bond donors (Lipinski definition) is 2. The molecular formula is C22H18ClN3O4S2. The van der Waals surface area contributed by atoms with Crippen LogP contribution < -0.4 is 10.6 Å². The molecule has 1 aromatic heterocycles. The van der Waals surface area contributed by atoms with Crippen LogP contribution in [0.2, 0.25) is 5.02 Å². The van der Waals surface area contributed by atoms with Crippen molar-refractivity contribution >= 4 is 63.3 Å². The number of amides is 2. The third-order valence-corrected chi connectivity index (χ3v) is 6.86. The summed E-state index contributed by atoms with van der Waals surface area (Å²) in [6.07, 6.45) is -1.19. The Kier molecular flexibility index (Phi) is 6.78. The Morgan fingerprint density at radius 2 is 2.03 bits per heavy atom. The molecule has 0 fully saturated rings. The average Bonchev–Trinajstić information content (AvgIpc) is 3.23. The largest absolute Gasteiger partial charge is 0.452 e. The van der Waals surface area contributed by atoms with Gasteiger partial charge in [0.2, 0.25) is 5.91 Å². The van der Waals surface area contributed by atoms with E-state index in [0.29, 0.717) is 15.8 Å². The molecule has 32 heavy (non-hydrogen) atoms. The Labute approximate surface area is 197 Å². The highest BCUT2D eigenvalue weighted by atomic mass is 35.5. The number of rotatable bonds is 6. The number of carbonyl (C=O) groups excluding carboxylic acids is 3. The minimum Gasteiger partial charge on any atom is -0.452 e. The van der Waals surface area contributed by atoms with Crippen LogP contribution in [0, 0.1) is 0 Å². The van der Waals surface area contributed by atoms with Gasteiger partial charge in [-0.1, -0.05) is 41.9 Å². The van der Waals surface area contributed by atoms with E-state index in [1.165, 1.54) is 30.0 Å². The molecule has 0 spiro atoms. The van der Waals surface area contributed by atoms with Gasteiger partial charge in [0, 0.05) is 20.9 Å². The molecule has 1 aliphatic heterocycles. The number of thiazole rings is 1. The fourth-order valence-electron chi connectivity index (χ4n) is 2.99. The second kappa shape index (κ2) is 9.72. The smallest absolute Gasteiger partial charge is 0.308 e. The molecule has 1 aliphatic rings. The van der Waals surface area contributed by atoms with E-state index in [1.807, 2.05) is 35.7 Å². The van der Waals surface area contributed by atoms with Crippen LogP contribution in [0.15, 0.2) is 58.8 Å². The lowest BCUT2D eigenvalue weighted by atomic mass is 10.2. The Hall–Kier alpha value is -2.88. The zero-order chi connectivity index (χ0) is 22.7. The highest BCUT2D eigenvalue weighted by Crippen LogP contribution is 2.38. The van der Waals surface area contributed by atoms with Crippen LogP contribution in [-0.2, 0) is 19.1 Å². The SMILES string of the molecule is CC(OC(=O)CC1Sc2ccc(Cl)cc2NC1=O)C(=O)Nc1nc(-c2ccccc2)cs1. The predicted octanol–water partition coefficient (Wildman–Crippen LogP) is 4.84. The minimum atomic E-state index is -1.03. The summed E-state index contributed by atoms with van der Waals surface area (Å²) in [5.41, 5.74) is 2.30. The number of aromatic nitrogens is 1. The van der Waals surface area contributed by atoms with E-state index >= 15 is 0 Å². The van der Waals surface area contributed by atoms with Crippen molar-refractivity contribution in [1.29, 1.82) is 0 Å². The van der Waals surface area contributed by atoms with Crippen molar-refractivity contribution in [3.8, 4) is 11.3 Å². The van der Waals surface area contributed by atoms with Crippen LogP contribution in [0.1, 0.15) is 13.3 Å². The van der Waals surface area contributed by atoms with Crippen molar-refractivity contribution in [1.82, 2.24) is 4.98 Å². The van der Waals surface area contributed by atoms with Crippen LogP contribution in [-0.4, -0.2) is 34.1 Å². The quantitative estimate of drug-likeness (QED) is 0.483. The minimum absolute atomic E-state index is 0.161. The maximum Gasteiger partial charge on any atom is 0.308 e. The summed E-state index contributed by atoms with van der Waals surface area (Å²) in [6, 6.07) is 14.8. The summed E-state index contributed by atoms with van der Waals surface area (Å²) in [7, 11) is 0. The van der Waals surface area contributed by atoms with Gasteiger partial charge >= 0.3 is 5.97 Å². The summed E-state index contributed by atoms with van der Waals surface area (Å²) in [5.74, 6) is -1.44. The van der Waals surface area contributed by atoms with Crippen LogP contribution in [0.3, 0.4) is 0 Å². The van der Waals surface area contributed by atoms with E-state index in [2.05, 4.69) is 15.6 Å². The molecule has 2 unspecified atom stereocenters. The van der Waals surface area contributed by atoms with Gasteiger partial charge in [0.15, 0.2) is 11.2 Å². The van der Waals surface area contributed by atoms with Gasteiger partial charge in [-0.05, 0) is 25.1 Å². The van der Waals surface area contributed by atoms with Crippen molar-refractivity contribution in [3.63, 3.8) is 0 Å². The third kappa shape index (κ3) is 5.29. The van der Waals surface area contributed by atoms with Crippen LogP contribution in [0.4, 0.5) is 10.8 Å². The number of nitrogens with zero attached hydrogens (tertiary/aromatic N) is 1. The number of thioether (sulfide) groups is 1. The molecule has 2 amide bonds. The summed E-state index contributed by atoms with van der Waals surface area (Å²) in [5, 5.41) is 7.51. The summed E-state index contributed by atoms with van der Waals surface area (Å²) >= 11 is 8.49. The highest BCUT2D eigenvalue weighted by Gasteiger charge is 2.31. The second-order valence-electron chi connectivity index (χ2n) is 6.97. The molecule has 4 rings (SSSR count). The zero-order valence-corrected chi connectivity index (χ0v) is 19.2. The van der Waals surface area contributed by atoms with Crippen molar-refractivity contribution < 1.29 is 19.1 Å². The molecule has 10 heteroatoms. The van der Waals surface area contributed by atoms with Gasteiger partial charge in [-0.2, -0.15) is 0 Å². The molecule has 0 aliphatic carbocycles. The number of hydrogen-bond acceptors (Lipinski definition) is 7. The van der Waals surface area contributed by atoms with Crippen molar-refractivity contribution in [2.75, 3.05) is 10.6 Å². The van der Waals surface area contributed by atoms with E-state index in [-0.39, 0.29) is 12.3 Å². The molecule has 2 aromatic carbocycles.